The quantitative estimate of drug-likeness (QED) is 0.558. The molecule has 66 valence electrons. The molecule has 0 spiro atoms. The van der Waals surface area contributed by atoms with Crippen molar-refractivity contribution in [2.75, 3.05) is 6.61 Å². The fourth-order valence-electron chi connectivity index (χ4n) is 0.602. The number of allylic oxidation sites excluding steroid dienone is 1. The maximum absolute atomic E-state index is 5.58. The number of aromatic nitrogens is 2. The van der Waals surface area contributed by atoms with E-state index in [4.69, 9.17) is 16.3 Å². The highest BCUT2D eigenvalue weighted by molar-refractivity contribution is 7.15. The third kappa shape index (κ3) is 3.30. The van der Waals surface area contributed by atoms with Crippen LogP contribution < -0.4 is 0 Å². The minimum Gasteiger partial charge on any atom is -0.370 e. The van der Waals surface area contributed by atoms with Gasteiger partial charge in [0.15, 0.2) is 0 Å². The summed E-state index contributed by atoms with van der Waals surface area (Å²) in [6, 6.07) is 0. The molecule has 0 saturated heterocycles. The number of hydrogen-bond donors (Lipinski definition) is 0. The van der Waals surface area contributed by atoms with Crippen LogP contribution in [0.15, 0.2) is 12.2 Å². The average molecular weight is 205 g/mol. The summed E-state index contributed by atoms with van der Waals surface area (Å²) in [6.45, 7) is 3.04. The lowest BCUT2D eigenvalue weighted by Gasteiger charge is -1.94. The molecule has 0 aromatic carbocycles. The predicted molar refractivity (Wildman–Crippen MR) is 49.4 cm³/mol. The molecule has 0 fully saturated rings. The van der Waals surface area contributed by atoms with Gasteiger partial charge in [-0.3, -0.25) is 0 Å². The fourth-order valence-corrected chi connectivity index (χ4v) is 1.41. The molecule has 0 N–H and O–H groups in total. The second-order valence-corrected chi connectivity index (χ2v) is 3.68. The minimum absolute atomic E-state index is 0.458. The van der Waals surface area contributed by atoms with Crippen LogP contribution in [0.4, 0.5) is 0 Å². The van der Waals surface area contributed by atoms with E-state index in [0.29, 0.717) is 17.7 Å². The van der Waals surface area contributed by atoms with E-state index in [1.54, 1.807) is 0 Å². The van der Waals surface area contributed by atoms with Crippen LogP contribution in [0.25, 0.3) is 0 Å². The van der Waals surface area contributed by atoms with Crippen molar-refractivity contribution < 1.29 is 4.74 Å². The van der Waals surface area contributed by atoms with Crippen molar-refractivity contribution in [3.8, 4) is 0 Å². The second kappa shape index (κ2) is 5.24. The van der Waals surface area contributed by atoms with Crippen molar-refractivity contribution in [3.63, 3.8) is 0 Å². The normalized spacial score (nSPS) is 11.2. The zero-order valence-corrected chi connectivity index (χ0v) is 8.23. The molecule has 0 aliphatic heterocycles. The molecule has 0 saturated carbocycles. The molecule has 1 rings (SSSR count). The first-order valence-electron chi connectivity index (χ1n) is 3.49. The highest BCUT2D eigenvalue weighted by atomic mass is 35.5. The van der Waals surface area contributed by atoms with Gasteiger partial charge in [-0.2, -0.15) is 0 Å². The van der Waals surface area contributed by atoms with Crippen LogP contribution in [0.1, 0.15) is 11.9 Å². The first-order chi connectivity index (χ1) is 5.83. The van der Waals surface area contributed by atoms with E-state index in [0.717, 1.165) is 5.01 Å². The number of halogens is 1. The highest BCUT2D eigenvalue weighted by Crippen LogP contribution is 2.15. The maximum Gasteiger partial charge on any atom is 0.207 e. The van der Waals surface area contributed by atoms with Crippen molar-refractivity contribution in [3.05, 3.63) is 21.6 Å². The first-order valence-corrected chi connectivity index (χ1v) is 4.69. The number of nitrogens with zero attached hydrogens (tertiary/aromatic N) is 2. The number of hydrogen-bond acceptors (Lipinski definition) is 4. The molecule has 1 aromatic rings. The van der Waals surface area contributed by atoms with E-state index in [1.807, 2.05) is 19.1 Å². The maximum atomic E-state index is 5.58. The first kappa shape index (κ1) is 9.64. The Bertz CT molecular complexity index is 262. The van der Waals surface area contributed by atoms with E-state index in [9.17, 15) is 0 Å². The SMILES string of the molecule is C/C=C/COCc1nnc(Cl)s1. The van der Waals surface area contributed by atoms with E-state index in [1.165, 1.54) is 11.3 Å². The summed E-state index contributed by atoms with van der Waals surface area (Å²) in [5.41, 5.74) is 0. The van der Waals surface area contributed by atoms with Gasteiger partial charge >= 0.3 is 0 Å². The summed E-state index contributed by atoms with van der Waals surface area (Å²) in [7, 11) is 0. The standard InChI is InChI=1S/C7H9ClN2OS/c1-2-3-4-11-5-6-9-10-7(8)12-6/h2-3H,4-5H2,1H3/b3-2+. The van der Waals surface area contributed by atoms with Gasteiger partial charge in [-0.15, -0.1) is 10.2 Å². The molecule has 0 aliphatic rings. The lowest BCUT2D eigenvalue weighted by molar-refractivity contribution is 0.148. The predicted octanol–water partition coefficient (Wildman–Crippen LogP) is 2.28. The van der Waals surface area contributed by atoms with Gasteiger partial charge in [0.2, 0.25) is 4.47 Å². The van der Waals surface area contributed by atoms with Crippen LogP contribution in [0.2, 0.25) is 4.47 Å². The Kier molecular flexibility index (Phi) is 4.21. The van der Waals surface area contributed by atoms with Gasteiger partial charge in [-0.25, -0.2) is 0 Å². The van der Waals surface area contributed by atoms with E-state index in [2.05, 4.69) is 10.2 Å². The Labute approximate surface area is 80.0 Å². The molecule has 3 nitrogen and oxygen atoms in total. The van der Waals surface area contributed by atoms with Crippen molar-refractivity contribution in [2.24, 2.45) is 0 Å². The van der Waals surface area contributed by atoms with Crippen LogP contribution in [-0.4, -0.2) is 16.8 Å². The average Bonchev–Trinajstić information content (AvgIpc) is 2.45. The lowest BCUT2D eigenvalue weighted by atomic mass is 10.5. The fraction of sp³-hybridized carbons (Fsp3) is 0.429. The third-order valence-corrected chi connectivity index (χ3v) is 2.11. The van der Waals surface area contributed by atoms with Crippen molar-refractivity contribution in [2.45, 2.75) is 13.5 Å². The van der Waals surface area contributed by atoms with Gasteiger partial charge in [-0.05, 0) is 18.5 Å². The Morgan fingerprint density at radius 3 is 3.00 bits per heavy atom. The van der Waals surface area contributed by atoms with Crippen molar-refractivity contribution in [1.29, 1.82) is 0 Å². The van der Waals surface area contributed by atoms with Gasteiger partial charge in [0.25, 0.3) is 0 Å². The van der Waals surface area contributed by atoms with Gasteiger partial charge in [-0.1, -0.05) is 23.5 Å². The molecular weight excluding hydrogens is 196 g/mol. The topological polar surface area (TPSA) is 35.0 Å². The molecule has 0 aliphatic carbocycles. The summed E-state index contributed by atoms with van der Waals surface area (Å²) >= 11 is 6.92. The van der Waals surface area contributed by atoms with Gasteiger partial charge in [0.05, 0.1) is 6.61 Å². The van der Waals surface area contributed by atoms with Crippen molar-refractivity contribution in [1.82, 2.24) is 10.2 Å². The molecule has 0 bridgehead atoms. The summed E-state index contributed by atoms with van der Waals surface area (Å²) in [6.07, 6.45) is 3.87. The molecule has 1 heterocycles. The third-order valence-electron chi connectivity index (χ3n) is 1.12. The molecule has 0 radical (unpaired) electrons. The second-order valence-electron chi connectivity index (χ2n) is 2.03. The Hall–Kier alpha value is -0.450. The molecular formula is C7H9ClN2OS. The zero-order chi connectivity index (χ0) is 8.81. The molecule has 1 aromatic heterocycles. The van der Waals surface area contributed by atoms with E-state index < -0.39 is 0 Å². The Morgan fingerprint density at radius 1 is 1.58 bits per heavy atom. The molecule has 0 atom stereocenters. The van der Waals surface area contributed by atoms with Crippen LogP contribution in [0, 0.1) is 0 Å². The van der Waals surface area contributed by atoms with E-state index in [-0.39, 0.29) is 0 Å². The molecule has 0 unspecified atom stereocenters. The largest absolute Gasteiger partial charge is 0.370 e. The summed E-state index contributed by atoms with van der Waals surface area (Å²) in [5, 5.41) is 8.26. The lowest BCUT2D eigenvalue weighted by Crippen LogP contribution is -1.91. The summed E-state index contributed by atoms with van der Waals surface area (Å²) < 4.78 is 5.69. The number of ether oxygens (including phenoxy) is 1. The van der Waals surface area contributed by atoms with Gasteiger partial charge in [0, 0.05) is 0 Å². The van der Waals surface area contributed by atoms with Crippen LogP contribution in [0.5, 0.6) is 0 Å². The zero-order valence-electron chi connectivity index (χ0n) is 6.66. The van der Waals surface area contributed by atoms with Gasteiger partial charge in [0.1, 0.15) is 11.6 Å². The number of rotatable bonds is 4. The monoisotopic (exact) mass is 204 g/mol. The minimum atomic E-state index is 0.458. The molecule has 5 heteroatoms. The molecule has 12 heavy (non-hydrogen) atoms. The van der Waals surface area contributed by atoms with Crippen LogP contribution >= 0.6 is 22.9 Å². The smallest absolute Gasteiger partial charge is 0.207 e. The Balaban J connectivity index is 2.24. The molecule has 0 amide bonds. The van der Waals surface area contributed by atoms with E-state index >= 15 is 0 Å². The van der Waals surface area contributed by atoms with Crippen LogP contribution in [0.3, 0.4) is 0 Å². The summed E-state index contributed by atoms with van der Waals surface area (Å²) in [4.78, 5) is 0. The Morgan fingerprint density at radius 2 is 2.42 bits per heavy atom. The summed E-state index contributed by atoms with van der Waals surface area (Å²) in [5.74, 6) is 0. The highest BCUT2D eigenvalue weighted by Gasteiger charge is 1.99. The van der Waals surface area contributed by atoms with Crippen molar-refractivity contribution >= 4 is 22.9 Å². The van der Waals surface area contributed by atoms with Gasteiger partial charge < -0.3 is 4.74 Å². The van der Waals surface area contributed by atoms with Crippen LogP contribution in [-0.2, 0) is 11.3 Å².